The van der Waals surface area contributed by atoms with Gasteiger partial charge in [0.15, 0.2) is 0 Å². The molecule has 0 saturated heterocycles. The summed E-state index contributed by atoms with van der Waals surface area (Å²) in [6, 6.07) is 2.00. The van der Waals surface area contributed by atoms with E-state index in [2.05, 4.69) is 14.9 Å². The number of aromatic nitrogens is 2. The van der Waals surface area contributed by atoms with Crippen molar-refractivity contribution in [3.05, 3.63) is 11.9 Å². The molecule has 0 aliphatic carbocycles. The number of anilines is 2. The van der Waals surface area contributed by atoms with Crippen molar-refractivity contribution in [2.45, 2.75) is 32.7 Å². The number of hydrogen-bond donors (Lipinski definition) is 1. The fourth-order valence-corrected chi connectivity index (χ4v) is 1.53. The molecule has 1 heterocycles. The minimum Gasteiger partial charge on any atom is -0.363 e. The molecule has 1 rings (SSSR count). The molecule has 0 aromatic carbocycles. The van der Waals surface area contributed by atoms with E-state index in [0.717, 1.165) is 30.4 Å². The smallest absolute Gasteiger partial charge is 0.134 e. The zero-order chi connectivity index (χ0) is 13.9. The van der Waals surface area contributed by atoms with Crippen molar-refractivity contribution in [1.29, 1.82) is 0 Å². The maximum atomic E-state index is 6.00. The van der Waals surface area contributed by atoms with Crippen molar-refractivity contribution < 1.29 is 0 Å². The van der Waals surface area contributed by atoms with Crippen LogP contribution in [0.5, 0.6) is 0 Å². The third-order valence-corrected chi connectivity index (χ3v) is 2.75. The molecule has 0 atom stereocenters. The second-order valence-electron chi connectivity index (χ2n) is 5.69. The summed E-state index contributed by atoms with van der Waals surface area (Å²) in [5.74, 6) is 2.65. The molecule has 0 aliphatic rings. The number of rotatable bonds is 5. The fraction of sp³-hybridized carbons (Fsp3) is 0.692. The molecule has 0 unspecified atom stereocenters. The first-order valence-electron chi connectivity index (χ1n) is 6.22. The Hall–Kier alpha value is -1.36. The normalized spacial score (nSPS) is 11.5. The van der Waals surface area contributed by atoms with E-state index in [1.54, 1.807) is 0 Å². The Morgan fingerprint density at radius 1 is 1.17 bits per heavy atom. The number of nitrogens with two attached hydrogens (primary N) is 1. The van der Waals surface area contributed by atoms with Crippen LogP contribution < -0.4 is 15.5 Å². The van der Waals surface area contributed by atoms with E-state index in [0.29, 0.717) is 0 Å². The van der Waals surface area contributed by atoms with Crippen LogP contribution in [0.3, 0.4) is 0 Å². The van der Waals surface area contributed by atoms with Crippen molar-refractivity contribution in [2.24, 2.45) is 5.73 Å². The van der Waals surface area contributed by atoms with Crippen LogP contribution >= 0.6 is 0 Å². The Balaban J connectivity index is 2.82. The predicted molar refractivity (Wildman–Crippen MR) is 77.2 cm³/mol. The van der Waals surface area contributed by atoms with Gasteiger partial charge in [0, 0.05) is 39.3 Å². The Labute approximate surface area is 110 Å². The summed E-state index contributed by atoms with van der Waals surface area (Å²) in [4.78, 5) is 13.0. The average Bonchev–Trinajstić information content (AvgIpc) is 2.23. The van der Waals surface area contributed by atoms with E-state index in [1.807, 2.05) is 52.9 Å². The van der Waals surface area contributed by atoms with Gasteiger partial charge in [-0.25, -0.2) is 9.97 Å². The molecule has 0 fully saturated rings. The minimum absolute atomic E-state index is 0.152. The molecule has 0 aliphatic heterocycles. The van der Waals surface area contributed by atoms with Crippen LogP contribution in [-0.4, -0.2) is 43.2 Å². The van der Waals surface area contributed by atoms with Crippen LogP contribution in [0.4, 0.5) is 11.6 Å². The molecule has 1 aromatic heterocycles. The van der Waals surface area contributed by atoms with Crippen molar-refractivity contribution >= 4 is 11.6 Å². The highest BCUT2D eigenvalue weighted by molar-refractivity contribution is 5.49. The van der Waals surface area contributed by atoms with Crippen LogP contribution in [0.25, 0.3) is 0 Å². The van der Waals surface area contributed by atoms with Gasteiger partial charge in [-0.1, -0.05) is 0 Å². The summed E-state index contributed by atoms with van der Waals surface area (Å²) in [6.07, 6.45) is 0.920. The second kappa shape index (κ2) is 5.52. The minimum atomic E-state index is -0.152. The van der Waals surface area contributed by atoms with Gasteiger partial charge in [-0.15, -0.1) is 0 Å². The van der Waals surface area contributed by atoms with E-state index >= 15 is 0 Å². The van der Waals surface area contributed by atoms with Crippen molar-refractivity contribution in [2.75, 3.05) is 37.5 Å². The zero-order valence-corrected chi connectivity index (χ0v) is 12.4. The summed E-state index contributed by atoms with van der Waals surface area (Å²) < 4.78 is 0. The lowest BCUT2D eigenvalue weighted by Crippen LogP contribution is -2.36. The van der Waals surface area contributed by atoms with Gasteiger partial charge in [-0.2, -0.15) is 0 Å². The molecule has 0 amide bonds. The molecule has 18 heavy (non-hydrogen) atoms. The molecular formula is C13H25N5. The van der Waals surface area contributed by atoms with Crippen LogP contribution in [-0.2, 0) is 0 Å². The van der Waals surface area contributed by atoms with E-state index in [1.165, 1.54) is 0 Å². The molecular weight excluding hydrogens is 226 g/mol. The van der Waals surface area contributed by atoms with Crippen LogP contribution in [0, 0.1) is 6.92 Å². The topological polar surface area (TPSA) is 58.3 Å². The summed E-state index contributed by atoms with van der Waals surface area (Å²) in [6.45, 7) is 6.87. The third-order valence-electron chi connectivity index (χ3n) is 2.75. The highest BCUT2D eigenvalue weighted by Crippen LogP contribution is 2.17. The molecule has 0 radical (unpaired) electrons. The third kappa shape index (κ3) is 4.49. The average molecular weight is 251 g/mol. The summed E-state index contributed by atoms with van der Waals surface area (Å²) in [7, 11) is 6.00. The van der Waals surface area contributed by atoms with E-state index in [9.17, 15) is 0 Å². The van der Waals surface area contributed by atoms with Crippen LogP contribution in [0.15, 0.2) is 6.07 Å². The fourth-order valence-electron chi connectivity index (χ4n) is 1.53. The monoisotopic (exact) mass is 251 g/mol. The van der Waals surface area contributed by atoms with Gasteiger partial charge in [0.1, 0.15) is 17.5 Å². The Morgan fingerprint density at radius 2 is 1.72 bits per heavy atom. The summed E-state index contributed by atoms with van der Waals surface area (Å²) in [5, 5.41) is 0. The maximum absolute atomic E-state index is 6.00. The molecule has 102 valence electrons. The zero-order valence-electron chi connectivity index (χ0n) is 12.4. The van der Waals surface area contributed by atoms with E-state index < -0.39 is 0 Å². The number of hydrogen-bond acceptors (Lipinski definition) is 5. The van der Waals surface area contributed by atoms with Crippen LogP contribution in [0.1, 0.15) is 26.1 Å². The Morgan fingerprint density at radius 3 is 2.22 bits per heavy atom. The lowest BCUT2D eigenvalue weighted by atomic mass is 10.0. The van der Waals surface area contributed by atoms with Crippen molar-refractivity contribution in [3.8, 4) is 0 Å². The van der Waals surface area contributed by atoms with E-state index in [-0.39, 0.29) is 5.54 Å². The van der Waals surface area contributed by atoms with Gasteiger partial charge in [-0.05, 0) is 27.2 Å². The largest absolute Gasteiger partial charge is 0.363 e. The first kappa shape index (κ1) is 14.7. The molecule has 1 aromatic rings. The van der Waals surface area contributed by atoms with Gasteiger partial charge in [-0.3, -0.25) is 0 Å². The summed E-state index contributed by atoms with van der Waals surface area (Å²) in [5.41, 5.74) is 5.85. The standard InChI is InChI=1S/C13H25N5/c1-10-15-11(17(4)5)9-12(16-10)18(6)8-7-13(2,3)14/h9H,7-8,14H2,1-6H3. The number of nitrogens with zero attached hydrogens (tertiary/aromatic N) is 4. The SMILES string of the molecule is Cc1nc(N(C)C)cc(N(C)CCC(C)(C)N)n1. The molecule has 5 heteroatoms. The van der Waals surface area contributed by atoms with Gasteiger partial charge < -0.3 is 15.5 Å². The Kier molecular flexibility index (Phi) is 4.51. The molecule has 5 nitrogen and oxygen atoms in total. The maximum Gasteiger partial charge on any atom is 0.134 e. The Bertz CT molecular complexity index is 395. The van der Waals surface area contributed by atoms with E-state index in [4.69, 9.17) is 5.73 Å². The van der Waals surface area contributed by atoms with Crippen LogP contribution in [0.2, 0.25) is 0 Å². The lowest BCUT2D eigenvalue weighted by Gasteiger charge is -2.25. The molecule has 0 saturated carbocycles. The first-order valence-corrected chi connectivity index (χ1v) is 6.22. The highest BCUT2D eigenvalue weighted by atomic mass is 15.2. The van der Waals surface area contributed by atoms with Gasteiger partial charge >= 0.3 is 0 Å². The molecule has 0 spiro atoms. The molecule has 0 bridgehead atoms. The summed E-state index contributed by atoms with van der Waals surface area (Å²) >= 11 is 0. The van der Waals surface area contributed by atoms with Crippen molar-refractivity contribution in [1.82, 2.24) is 9.97 Å². The van der Waals surface area contributed by atoms with Crippen molar-refractivity contribution in [3.63, 3.8) is 0 Å². The second-order valence-corrected chi connectivity index (χ2v) is 5.69. The predicted octanol–water partition coefficient (Wildman–Crippen LogP) is 1.41. The number of aryl methyl sites for hydroxylation is 1. The lowest BCUT2D eigenvalue weighted by molar-refractivity contribution is 0.478. The highest BCUT2D eigenvalue weighted by Gasteiger charge is 2.13. The van der Waals surface area contributed by atoms with Gasteiger partial charge in [0.05, 0.1) is 0 Å². The van der Waals surface area contributed by atoms with Gasteiger partial charge in [0.2, 0.25) is 0 Å². The quantitative estimate of drug-likeness (QED) is 0.857. The van der Waals surface area contributed by atoms with Gasteiger partial charge in [0.25, 0.3) is 0 Å². The first-order chi connectivity index (χ1) is 8.19. The molecule has 2 N–H and O–H groups in total.